The number of carbonyl (C=O) groups excluding carboxylic acids is 1. The molecule has 0 saturated carbocycles. The van der Waals surface area contributed by atoms with Crippen molar-refractivity contribution in [3.63, 3.8) is 0 Å². The molecule has 0 fully saturated rings. The molecule has 0 N–H and O–H groups in total. The Morgan fingerprint density at radius 3 is 2.08 bits per heavy atom. The molecule has 134 valence electrons. The first kappa shape index (κ1) is 19.3. The smallest absolute Gasteiger partial charge is 0.292 e. The summed E-state index contributed by atoms with van der Waals surface area (Å²) in [5.74, 6) is -0.676. The molecule has 0 aromatic heterocycles. The van der Waals surface area contributed by atoms with Gasteiger partial charge in [0.25, 0.3) is 0 Å². The van der Waals surface area contributed by atoms with Crippen LogP contribution >= 0.6 is 7.75 Å². The van der Waals surface area contributed by atoms with Crippen molar-refractivity contribution in [1.29, 1.82) is 0 Å². The van der Waals surface area contributed by atoms with E-state index in [9.17, 15) is 13.8 Å². The second-order valence-corrected chi connectivity index (χ2v) is 7.06. The Hall–Kier alpha value is -2.01. The van der Waals surface area contributed by atoms with E-state index in [-0.39, 0.29) is 25.5 Å². The van der Waals surface area contributed by atoms with Gasteiger partial charge < -0.3 is 0 Å². The van der Waals surface area contributed by atoms with Crippen molar-refractivity contribution >= 4 is 19.2 Å². The fourth-order valence-corrected chi connectivity index (χ4v) is 4.01. The molecule has 0 bridgehead atoms. The molecular formula is C18H21FNO4P. The highest BCUT2D eigenvalue weighted by molar-refractivity contribution is 7.55. The fraction of sp³-hybridized carbons (Fsp3) is 0.278. The van der Waals surface area contributed by atoms with Gasteiger partial charge >= 0.3 is 7.75 Å². The van der Waals surface area contributed by atoms with Crippen molar-refractivity contribution in [2.24, 2.45) is 0 Å². The van der Waals surface area contributed by atoms with Gasteiger partial charge in [0.05, 0.1) is 19.8 Å². The molecule has 0 radical (unpaired) electrons. The number of benzene rings is 2. The second kappa shape index (κ2) is 8.90. The van der Waals surface area contributed by atoms with Crippen molar-refractivity contribution in [1.82, 2.24) is 0 Å². The zero-order valence-corrected chi connectivity index (χ0v) is 15.1. The Bertz CT molecular complexity index is 727. The number of ketones is 1. The van der Waals surface area contributed by atoms with Crippen LogP contribution in [0, 0.1) is 5.82 Å². The van der Waals surface area contributed by atoms with Gasteiger partial charge in [-0.1, -0.05) is 30.3 Å². The van der Waals surface area contributed by atoms with E-state index in [1.807, 2.05) is 0 Å². The summed E-state index contributed by atoms with van der Waals surface area (Å²) in [5.41, 5.74) is 0.866. The molecule has 7 heteroatoms. The average Bonchev–Trinajstić information content (AvgIpc) is 2.61. The molecule has 0 amide bonds. The molecule has 0 aliphatic carbocycles. The second-order valence-electron chi connectivity index (χ2n) is 5.13. The van der Waals surface area contributed by atoms with Gasteiger partial charge in [0, 0.05) is 11.3 Å². The first-order valence-electron chi connectivity index (χ1n) is 8.01. The topological polar surface area (TPSA) is 55.8 Å². The summed E-state index contributed by atoms with van der Waals surface area (Å²) < 4.78 is 38.5. The van der Waals surface area contributed by atoms with Gasteiger partial charge in [-0.25, -0.2) is 8.96 Å². The molecule has 0 aliphatic rings. The molecule has 0 spiro atoms. The van der Waals surface area contributed by atoms with Gasteiger partial charge in [-0.2, -0.15) is 0 Å². The maximum absolute atomic E-state index is 13.3. The Morgan fingerprint density at radius 2 is 1.56 bits per heavy atom. The minimum absolute atomic E-state index is 0.147. The van der Waals surface area contributed by atoms with Gasteiger partial charge in [-0.3, -0.25) is 18.5 Å². The molecule has 5 nitrogen and oxygen atoms in total. The van der Waals surface area contributed by atoms with Crippen molar-refractivity contribution in [3.05, 3.63) is 66.0 Å². The lowest BCUT2D eigenvalue weighted by Crippen LogP contribution is -2.29. The molecular weight excluding hydrogens is 344 g/mol. The molecule has 2 rings (SSSR count). The van der Waals surface area contributed by atoms with Crippen LogP contribution in [-0.2, 0) is 13.6 Å². The maximum Gasteiger partial charge on any atom is 0.435 e. The standard InChI is InChI=1S/C18H21FNO4P/c1-3-23-25(22,24-4-2)20(17-12-10-16(19)11-13-17)14-18(21)15-8-6-5-7-9-15/h5-13H,3-4,14H2,1-2H3. The molecule has 0 aliphatic heterocycles. The third-order valence-electron chi connectivity index (χ3n) is 3.39. The normalized spacial score (nSPS) is 11.3. The van der Waals surface area contributed by atoms with Crippen LogP contribution in [0.15, 0.2) is 54.6 Å². The minimum Gasteiger partial charge on any atom is -0.292 e. The van der Waals surface area contributed by atoms with Crippen molar-refractivity contribution in [2.45, 2.75) is 13.8 Å². The van der Waals surface area contributed by atoms with Crippen molar-refractivity contribution < 1.29 is 22.8 Å². The first-order chi connectivity index (χ1) is 12.0. The van der Waals surface area contributed by atoms with Crippen LogP contribution in [0.3, 0.4) is 0 Å². The van der Waals surface area contributed by atoms with Crippen LogP contribution in [0.1, 0.15) is 24.2 Å². The predicted molar refractivity (Wildman–Crippen MR) is 95.4 cm³/mol. The SMILES string of the molecule is CCOP(=O)(OCC)N(CC(=O)c1ccccc1)c1ccc(F)cc1. The number of nitrogens with zero attached hydrogens (tertiary/aromatic N) is 1. The van der Waals surface area contributed by atoms with Gasteiger partial charge in [0.1, 0.15) is 5.82 Å². The van der Waals surface area contributed by atoms with Crippen LogP contribution in [0.5, 0.6) is 0 Å². The highest BCUT2D eigenvalue weighted by atomic mass is 31.2. The van der Waals surface area contributed by atoms with Crippen LogP contribution in [0.4, 0.5) is 10.1 Å². The molecule has 2 aromatic carbocycles. The summed E-state index contributed by atoms with van der Waals surface area (Å²) in [6.45, 7) is 3.46. The monoisotopic (exact) mass is 365 g/mol. The van der Waals surface area contributed by atoms with E-state index < -0.39 is 13.6 Å². The summed E-state index contributed by atoms with van der Waals surface area (Å²) in [6, 6.07) is 14.0. The maximum atomic E-state index is 13.3. The Labute approximate surface area is 147 Å². The van der Waals surface area contributed by atoms with E-state index in [1.54, 1.807) is 44.2 Å². The lowest BCUT2D eigenvalue weighted by atomic mass is 10.1. The molecule has 0 heterocycles. The highest BCUT2D eigenvalue weighted by Crippen LogP contribution is 2.54. The Balaban J connectivity index is 2.39. The lowest BCUT2D eigenvalue weighted by Gasteiger charge is -2.31. The van der Waals surface area contributed by atoms with E-state index in [1.165, 1.54) is 28.9 Å². The number of hydrogen-bond acceptors (Lipinski definition) is 4. The fourth-order valence-electron chi connectivity index (χ4n) is 2.29. The molecule has 2 aromatic rings. The zero-order chi connectivity index (χ0) is 18.3. The van der Waals surface area contributed by atoms with E-state index in [0.29, 0.717) is 11.3 Å². The number of rotatable bonds is 9. The van der Waals surface area contributed by atoms with E-state index in [2.05, 4.69) is 0 Å². The van der Waals surface area contributed by atoms with Crippen LogP contribution in [0.25, 0.3) is 0 Å². The van der Waals surface area contributed by atoms with E-state index in [4.69, 9.17) is 9.05 Å². The van der Waals surface area contributed by atoms with Gasteiger partial charge in [-0.05, 0) is 38.1 Å². The minimum atomic E-state index is -3.75. The molecule has 25 heavy (non-hydrogen) atoms. The largest absolute Gasteiger partial charge is 0.435 e. The number of halogens is 1. The lowest BCUT2D eigenvalue weighted by molar-refractivity contribution is 0.0998. The quantitative estimate of drug-likeness (QED) is 0.476. The van der Waals surface area contributed by atoms with Crippen LogP contribution in [0.2, 0.25) is 0 Å². The number of hydrogen-bond donors (Lipinski definition) is 0. The Morgan fingerprint density at radius 1 is 1.00 bits per heavy atom. The van der Waals surface area contributed by atoms with Crippen molar-refractivity contribution in [2.75, 3.05) is 24.4 Å². The molecule has 0 unspecified atom stereocenters. The predicted octanol–water partition coefficient (Wildman–Crippen LogP) is 4.70. The molecule has 0 atom stereocenters. The Kier molecular flexibility index (Phi) is 6.88. The highest BCUT2D eigenvalue weighted by Gasteiger charge is 2.35. The number of Topliss-reactive ketones (excluding diaryl/α,β-unsaturated/α-hetero) is 1. The van der Waals surface area contributed by atoms with Gasteiger partial charge in [-0.15, -0.1) is 0 Å². The summed E-state index contributed by atoms with van der Waals surface area (Å²) in [4.78, 5) is 12.6. The van der Waals surface area contributed by atoms with Crippen LogP contribution < -0.4 is 4.67 Å². The third-order valence-corrected chi connectivity index (χ3v) is 5.53. The third kappa shape index (κ3) is 4.98. The van der Waals surface area contributed by atoms with Crippen LogP contribution in [-0.4, -0.2) is 25.5 Å². The molecule has 0 saturated heterocycles. The van der Waals surface area contributed by atoms with Gasteiger partial charge in [0.2, 0.25) is 0 Å². The summed E-state index contributed by atoms with van der Waals surface area (Å²) in [5, 5.41) is 0. The van der Waals surface area contributed by atoms with E-state index in [0.717, 1.165) is 0 Å². The summed E-state index contributed by atoms with van der Waals surface area (Å²) >= 11 is 0. The average molecular weight is 365 g/mol. The van der Waals surface area contributed by atoms with Gasteiger partial charge in [0.15, 0.2) is 5.78 Å². The summed E-state index contributed by atoms with van der Waals surface area (Å²) in [6.07, 6.45) is 0. The first-order valence-corrected chi connectivity index (χ1v) is 9.50. The number of anilines is 1. The zero-order valence-electron chi connectivity index (χ0n) is 14.2. The summed E-state index contributed by atoms with van der Waals surface area (Å²) in [7, 11) is -3.75. The number of carbonyl (C=O) groups is 1. The van der Waals surface area contributed by atoms with E-state index >= 15 is 0 Å². The van der Waals surface area contributed by atoms with Crippen molar-refractivity contribution in [3.8, 4) is 0 Å².